The van der Waals surface area contributed by atoms with Crippen LogP contribution in [0.4, 0.5) is 4.39 Å². The zero-order valence-corrected chi connectivity index (χ0v) is 12.1. The molecule has 0 radical (unpaired) electrons. The van der Waals surface area contributed by atoms with Crippen molar-refractivity contribution in [2.24, 2.45) is 0 Å². The molecule has 3 rings (SSSR count). The molecule has 110 valence electrons. The van der Waals surface area contributed by atoms with E-state index in [0.29, 0.717) is 33.4 Å². The van der Waals surface area contributed by atoms with Crippen molar-refractivity contribution in [1.82, 2.24) is 9.97 Å². The van der Waals surface area contributed by atoms with E-state index in [9.17, 15) is 14.3 Å². The molecule has 2 heterocycles. The highest BCUT2D eigenvalue weighted by Gasteiger charge is 2.16. The van der Waals surface area contributed by atoms with Crippen LogP contribution in [0, 0.1) is 19.7 Å². The number of carboxylic acids is 1. The fourth-order valence-corrected chi connectivity index (χ4v) is 2.64. The average Bonchev–Trinajstić information content (AvgIpc) is 2.46. The van der Waals surface area contributed by atoms with Crippen molar-refractivity contribution in [3.8, 4) is 11.3 Å². The molecule has 5 heteroatoms. The number of aromatic nitrogens is 2. The number of carbonyl (C=O) groups is 1. The number of hydrogen-bond acceptors (Lipinski definition) is 3. The summed E-state index contributed by atoms with van der Waals surface area (Å²) in [5.41, 5.74) is 3.02. The average molecular weight is 296 g/mol. The van der Waals surface area contributed by atoms with Gasteiger partial charge in [-0.05, 0) is 49.7 Å². The van der Waals surface area contributed by atoms with Gasteiger partial charge in [-0.15, -0.1) is 0 Å². The van der Waals surface area contributed by atoms with E-state index < -0.39 is 5.97 Å². The van der Waals surface area contributed by atoms with Gasteiger partial charge in [-0.25, -0.2) is 9.18 Å². The number of rotatable bonds is 2. The number of fused-ring (bicyclic) bond motifs is 1. The molecular formula is C17H13FN2O2. The molecule has 0 unspecified atom stereocenters. The van der Waals surface area contributed by atoms with Crippen molar-refractivity contribution in [1.29, 1.82) is 0 Å². The molecule has 0 atom stereocenters. The Labute approximate surface area is 126 Å². The summed E-state index contributed by atoms with van der Waals surface area (Å²) in [6, 6.07) is 8.01. The van der Waals surface area contributed by atoms with Crippen LogP contribution in [0.5, 0.6) is 0 Å². The first-order valence-electron chi connectivity index (χ1n) is 6.74. The van der Waals surface area contributed by atoms with Crippen LogP contribution in [0.15, 0.2) is 36.5 Å². The fourth-order valence-electron chi connectivity index (χ4n) is 2.64. The lowest BCUT2D eigenvalue weighted by atomic mass is 10.0. The molecule has 0 saturated heterocycles. The predicted octanol–water partition coefficient (Wildman–Crippen LogP) is 3.75. The zero-order valence-electron chi connectivity index (χ0n) is 12.1. The normalized spacial score (nSPS) is 10.9. The molecule has 0 spiro atoms. The van der Waals surface area contributed by atoms with Crippen LogP contribution >= 0.6 is 0 Å². The Morgan fingerprint density at radius 2 is 2.00 bits per heavy atom. The van der Waals surface area contributed by atoms with Crippen LogP contribution in [0.25, 0.3) is 22.2 Å². The van der Waals surface area contributed by atoms with Gasteiger partial charge in [0.25, 0.3) is 0 Å². The molecule has 0 aliphatic carbocycles. The second-order valence-corrected chi connectivity index (χ2v) is 5.08. The third kappa shape index (κ3) is 2.20. The second-order valence-electron chi connectivity index (χ2n) is 5.08. The Balaban J connectivity index is 2.29. The molecule has 0 bridgehead atoms. The number of aromatic carboxylic acids is 1. The van der Waals surface area contributed by atoms with Crippen LogP contribution in [-0.4, -0.2) is 21.0 Å². The lowest BCUT2D eigenvalue weighted by Crippen LogP contribution is -2.06. The van der Waals surface area contributed by atoms with E-state index in [0.717, 1.165) is 0 Å². The topological polar surface area (TPSA) is 63.1 Å². The van der Waals surface area contributed by atoms with Crippen molar-refractivity contribution in [3.63, 3.8) is 0 Å². The number of halogens is 1. The Bertz CT molecular complexity index is 883. The Hall–Kier alpha value is -2.82. The molecule has 0 aliphatic rings. The van der Waals surface area contributed by atoms with Crippen LogP contribution < -0.4 is 0 Å². The second kappa shape index (κ2) is 5.18. The summed E-state index contributed by atoms with van der Waals surface area (Å²) in [7, 11) is 0. The summed E-state index contributed by atoms with van der Waals surface area (Å²) in [6.07, 6.45) is 1.59. The van der Waals surface area contributed by atoms with Crippen LogP contribution in [0.1, 0.15) is 21.6 Å². The minimum atomic E-state index is -1.00. The van der Waals surface area contributed by atoms with Crippen molar-refractivity contribution in [2.45, 2.75) is 13.8 Å². The number of benzene rings is 1. The minimum absolute atomic E-state index is 0.197. The Morgan fingerprint density at radius 1 is 1.23 bits per heavy atom. The van der Waals surface area contributed by atoms with E-state index >= 15 is 0 Å². The molecule has 1 aromatic carbocycles. The van der Waals surface area contributed by atoms with Crippen molar-refractivity contribution >= 4 is 16.9 Å². The Morgan fingerprint density at radius 3 is 2.68 bits per heavy atom. The van der Waals surface area contributed by atoms with E-state index in [1.807, 2.05) is 0 Å². The third-order valence-electron chi connectivity index (χ3n) is 3.60. The smallest absolute Gasteiger partial charge is 0.337 e. The van der Waals surface area contributed by atoms with Gasteiger partial charge >= 0.3 is 5.97 Å². The largest absolute Gasteiger partial charge is 0.478 e. The Kier molecular flexibility index (Phi) is 3.33. The molecule has 0 amide bonds. The van der Waals surface area contributed by atoms with Gasteiger partial charge in [0.2, 0.25) is 0 Å². The maximum Gasteiger partial charge on any atom is 0.337 e. The molecule has 4 nitrogen and oxygen atoms in total. The van der Waals surface area contributed by atoms with Crippen LogP contribution in [0.3, 0.4) is 0 Å². The van der Waals surface area contributed by atoms with E-state index in [4.69, 9.17) is 0 Å². The molecule has 3 aromatic rings. The predicted molar refractivity (Wildman–Crippen MR) is 81.4 cm³/mol. The highest BCUT2D eigenvalue weighted by Crippen LogP contribution is 2.29. The number of pyridine rings is 2. The number of carboxylic acid groups (broad SMARTS) is 1. The lowest BCUT2D eigenvalue weighted by Gasteiger charge is -2.10. The molecular weight excluding hydrogens is 283 g/mol. The van der Waals surface area contributed by atoms with Gasteiger partial charge in [-0.2, -0.15) is 0 Å². The first-order chi connectivity index (χ1) is 10.5. The van der Waals surface area contributed by atoms with Gasteiger partial charge in [0.05, 0.1) is 22.5 Å². The summed E-state index contributed by atoms with van der Waals surface area (Å²) in [6.45, 7) is 3.37. The van der Waals surface area contributed by atoms with E-state index in [1.54, 1.807) is 44.3 Å². The van der Waals surface area contributed by atoms with Crippen molar-refractivity contribution < 1.29 is 14.3 Å². The van der Waals surface area contributed by atoms with Crippen LogP contribution in [-0.2, 0) is 0 Å². The van der Waals surface area contributed by atoms with Gasteiger partial charge in [-0.3, -0.25) is 9.97 Å². The first-order valence-corrected chi connectivity index (χ1v) is 6.74. The molecule has 0 aliphatic heterocycles. The van der Waals surface area contributed by atoms with Gasteiger partial charge in [0, 0.05) is 17.1 Å². The monoisotopic (exact) mass is 296 g/mol. The maximum absolute atomic E-state index is 13.9. The standard InChI is InChI=1S/C17H13FN2O2/c1-9-8-14(20-10(2)15(9)17(21)22)12-5-6-13(18)11-4-3-7-19-16(11)12/h3-8H,1-2H3,(H,21,22). The van der Waals surface area contributed by atoms with Gasteiger partial charge in [-0.1, -0.05) is 0 Å². The molecule has 0 saturated carbocycles. The van der Waals surface area contributed by atoms with Gasteiger partial charge < -0.3 is 5.11 Å². The van der Waals surface area contributed by atoms with Gasteiger partial charge in [0.15, 0.2) is 0 Å². The van der Waals surface area contributed by atoms with Crippen LogP contribution in [0.2, 0.25) is 0 Å². The van der Waals surface area contributed by atoms with Crippen molar-refractivity contribution in [2.75, 3.05) is 0 Å². The summed E-state index contributed by atoms with van der Waals surface area (Å²) in [5, 5.41) is 9.63. The molecule has 0 fully saturated rings. The minimum Gasteiger partial charge on any atom is -0.478 e. The third-order valence-corrected chi connectivity index (χ3v) is 3.60. The first kappa shape index (κ1) is 14.1. The number of hydrogen-bond donors (Lipinski definition) is 1. The highest BCUT2D eigenvalue weighted by molar-refractivity contribution is 5.95. The molecule has 1 N–H and O–H groups in total. The van der Waals surface area contributed by atoms with Crippen molar-refractivity contribution in [3.05, 3.63) is 59.2 Å². The quantitative estimate of drug-likeness (QED) is 0.782. The zero-order chi connectivity index (χ0) is 15.9. The maximum atomic E-state index is 13.9. The molecule has 2 aromatic heterocycles. The SMILES string of the molecule is Cc1cc(-c2ccc(F)c3cccnc23)nc(C)c1C(=O)O. The van der Waals surface area contributed by atoms with E-state index in [1.165, 1.54) is 6.07 Å². The molecule has 22 heavy (non-hydrogen) atoms. The summed E-state index contributed by atoms with van der Waals surface area (Å²) in [5.74, 6) is -1.35. The summed E-state index contributed by atoms with van der Waals surface area (Å²) in [4.78, 5) is 19.8. The number of nitrogens with zero attached hydrogens (tertiary/aromatic N) is 2. The van der Waals surface area contributed by atoms with Gasteiger partial charge in [0.1, 0.15) is 5.82 Å². The number of aryl methyl sites for hydroxylation is 2. The highest BCUT2D eigenvalue weighted by atomic mass is 19.1. The lowest BCUT2D eigenvalue weighted by molar-refractivity contribution is 0.0695. The fraction of sp³-hybridized carbons (Fsp3) is 0.118. The summed E-state index contributed by atoms with van der Waals surface area (Å²) >= 11 is 0. The van der Waals surface area contributed by atoms with E-state index in [-0.39, 0.29) is 11.4 Å². The summed E-state index contributed by atoms with van der Waals surface area (Å²) < 4.78 is 13.9. The van der Waals surface area contributed by atoms with E-state index in [2.05, 4.69) is 9.97 Å².